The predicted molar refractivity (Wildman–Crippen MR) is 70.3 cm³/mol. The lowest BCUT2D eigenvalue weighted by molar-refractivity contribution is -0.0132. The van der Waals surface area contributed by atoms with Gasteiger partial charge in [-0.1, -0.05) is 12.1 Å². The van der Waals surface area contributed by atoms with Gasteiger partial charge in [-0.15, -0.1) is 0 Å². The van der Waals surface area contributed by atoms with Crippen LogP contribution in [0.15, 0.2) is 24.3 Å². The van der Waals surface area contributed by atoms with Crippen molar-refractivity contribution in [2.75, 3.05) is 25.1 Å². The fraction of sp³-hybridized carbons (Fsp3) is 0.500. The lowest BCUT2D eigenvalue weighted by Gasteiger charge is -2.39. The second-order valence-corrected chi connectivity index (χ2v) is 4.96. The van der Waals surface area contributed by atoms with Crippen LogP contribution < -0.4 is 4.90 Å². The molecular formula is C14H19NO3. The van der Waals surface area contributed by atoms with E-state index in [-0.39, 0.29) is 5.60 Å². The van der Waals surface area contributed by atoms with Crippen LogP contribution in [-0.2, 0) is 4.74 Å². The molecule has 1 aliphatic rings. The summed E-state index contributed by atoms with van der Waals surface area (Å²) in [4.78, 5) is 13.3. The van der Waals surface area contributed by atoms with E-state index in [1.54, 1.807) is 19.2 Å². The number of anilines is 1. The first-order valence-electron chi connectivity index (χ1n) is 6.18. The summed E-state index contributed by atoms with van der Waals surface area (Å²) in [5.41, 5.74) is 1.11. The summed E-state index contributed by atoms with van der Waals surface area (Å²) in [6, 6.07) is 7.17. The molecular weight excluding hydrogens is 230 g/mol. The predicted octanol–water partition coefficient (Wildman–Crippen LogP) is 2.39. The van der Waals surface area contributed by atoms with Gasteiger partial charge in [-0.05, 0) is 31.9 Å². The largest absolute Gasteiger partial charge is 0.478 e. The van der Waals surface area contributed by atoms with Crippen molar-refractivity contribution in [3.63, 3.8) is 0 Å². The first kappa shape index (κ1) is 12.9. The number of carbonyl (C=O) groups is 1. The third-order valence-corrected chi connectivity index (χ3v) is 3.79. The Labute approximate surface area is 107 Å². The molecule has 0 amide bonds. The third kappa shape index (κ3) is 2.48. The highest BCUT2D eigenvalue weighted by atomic mass is 16.5. The first-order chi connectivity index (χ1) is 8.56. The molecule has 4 heteroatoms. The number of benzene rings is 1. The van der Waals surface area contributed by atoms with Crippen LogP contribution in [0, 0.1) is 0 Å². The number of piperidine rings is 1. The number of hydrogen-bond acceptors (Lipinski definition) is 3. The van der Waals surface area contributed by atoms with Gasteiger partial charge < -0.3 is 14.7 Å². The standard InChI is InChI=1S/C14H19NO3/c1-14(18-2)7-9-15(10-8-14)12-6-4-3-5-11(12)13(16)17/h3-6H,7-10H2,1-2H3,(H,16,17). The van der Waals surface area contributed by atoms with Crippen LogP contribution in [0.1, 0.15) is 30.1 Å². The summed E-state index contributed by atoms with van der Waals surface area (Å²) in [5.74, 6) is -0.870. The van der Waals surface area contributed by atoms with E-state index in [4.69, 9.17) is 4.74 Å². The molecule has 0 radical (unpaired) electrons. The average molecular weight is 249 g/mol. The van der Waals surface area contributed by atoms with Gasteiger partial charge in [-0.3, -0.25) is 0 Å². The molecule has 0 aromatic heterocycles. The Morgan fingerprint density at radius 3 is 2.50 bits per heavy atom. The fourth-order valence-electron chi connectivity index (χ4n) is 2.35. The lowest BCUT2D eigenvalue weighted by atomic mass is 9.92. The van der Waals surface area contributed by atoms with E-state index in [1.165, 1.54) is 0 Å². The molecule has 98 valence electrons. The maximum atomic E-state index is 11.2. The summed E-state index contributed by atoms with van der Waals surface area (Å²) in [7, 11) is 1.74. The number of methoxy groups -OCH3 is 1. The van der Waals surface area contributed by atoms with Gasteiger partial charge in [-0.2, -0.15) is 0 Å². The third-order valence-electron chi connectivity index (χ3n) is 3.79. The van der Waals surface area contributed by atoms with Gasteiger partial charge in [0.15, 0.2) is 0 Å². The fourth-order valence-corrected chi connectivity index (χ4v) is 2.35. The highest BCUT2D eigenvalue weighted by Gasteiger charge is 2.30. The molecule has 1 fully saturated rings. The quantitative estimate of drug-likeness (QED) is 0.893. The second-order valence-electron chi connectivity index (χ2n) is 4.96. The molecule has 1 aromatic rings. The minimum absolute atomic E-state index is 0.0747. The minimum Gasteiger partial charge on any atom is -0.478 e. The van der Waals surface area contributed by atoms with E-state index in [1.807, 2.05) is 12.1 Å². The average Bonchev–Trinajstić information content (AvgIpc) is 2.39. The second kappa shape index (κ2) is 4.98. The molecule has 1 heterocycles. The molecule has 2 rings (SSSR count). The van der Waals surface area contributed by atoms with Crippen molar-refractivity contribution in [3.05, 3.63) is 29.8 Å². The van der Waals surface area contributed by atoms with Gasteiger partial charge in [0.1, 0.15) is 0 Å². The number of carboxylic acids is 1. The van der Waals surface area contributed by atoms with Crippen LogP contribution in [0.4, 0.5) is 5.69 Å². The van der Waals surface area contributed by atoms with Gasteiger partial charge in [0.25, 0.3) is 0 Å². The summed E-state index contributed by atoms with van der Waals surface area (Å²) in [5, 5.41) is 9.19. The molecule has 0 aliphatic carbocycles. The molecule has 0 unspecified atom stereocenters. The SMILES string of the molecule is COC1(C)CCN(c2ccccc2C(=O)O)CC1. The number of rotatable bonds is 3. The molecule has 4 nitrogen and oxygen atoms in total. The lowest BCUT2D eigenvalue weighted by Crippen LogP contribution is -2.44. The molecule has 1 aromatic carbocycles. The van der Waals surface area contributed by atoms with Crippen molar-refractivity contribution in [2.45, 2.75) is 25.4 Å². The van der Waals surface area contributed by atoms with Crippen LogP contribution in [0.25, 0.3) is 0 Å². The van der Waals surface area contributed by atoms with Crippen molar-refractivity contribution in [1.82, 2.24) is 0 Å². The molecule has 0 atom stereocenters. The highest BCUT2D eigenvalue weighted by molar-refractivity contribution is 5.94. The summed E-state index contributed by atoms with van der Waals surface area (Å²) in [6.07, 6.45) is 1.83. The van der Waals surface area contributed by atoms with E-state index in [0.717, 1.165) is 31.6 Å². The van der Waals surface area contributed by atoms with Crippen LogP contribution in [0.2, 0.25) is 0 Å². The van der Waals surface area contributed by atoms with E-state index < -0.39 is 5.97 Å². The molecule has 0 saturated carbocycles. The van der Waals surface area contributed by atoms with Gasteiger partial charge in [-0.25, -0.2) is 4.79 Å². The molecule has 18 heavy (non-hydrogen) atoms. The van der Waals surface area contributed by atoms with Crippen LogP contribution in [-0.4, -0.2) is 36.9 Å². The Balaban J connectivity index is 2.17. The number of para-hydroxylation sites is 1. The van der Waals surface area contributed by atoms with E-state index in [9.17, 15) is 9.90 Å². The minimum atomic E-state index is -0.870. The Kier molecular flexibility index (Phi) is 3.57. The summed E-state index contributed by atoms with van der Waals surface area (Å²) in [6.45, 7) is 3.76. The van der Waals surface area contributed by atoms with E-state index in [0.29, 0.717) is 5.56 Å². The van der Waals surface area contributed by atoms with Crippen molar-refractivity contribution in [3.8, 4) is 0 Å². The van der Waals surface area contributed by atoms with Crippen molar-refractivity contribution < 1.29 is 14.6 Å². The summed E-state index contributed by atoms with van der Waals surface area (Å²) < 4.78 is 5.50. The van der Waals surface area contributed by atoms with Gasteiger partial charge in [0.2, 0.25) is 0 Å². The zero-order valence-electron chi connectivity index (χ0n) is 10.8. The van der Waals surface area contributed by atoms with E-state index >= 15 is 0 Å². The Bertz CT molecular complexity index is 436. The zero-order chi connectivity index (χ0) is 13.2. The van der Waals surface area contributed by atoms with E-state index in [2.05, 4.69) is 11.8 Å². The van der Waals surface area contributed by atoms with Crippen molar-refractivity contribution in [1.29, 1.82) is 0 Å². The number of aromatic carboxylic acids is 1. The Hall–Kier alpha value is -1.55. The Morgan fingerprint density at radius 2 is 1.94 bits per heavy atom. The van der Waals surface area contributed by atoms with Crippen LogP contribution in [0.5, 0.6) is 0 Å². The maximum Gasteiger partial charge on any atom is 0.337 e. The molecule has 1 aliphatic heterocycles. The monoisotopic (exact) mass is 249 g/mol. The normalized spacial score (nSPS) is 18.7. The first-order valence-corrected chi connectivity index (χ1v) is 6.18. The number of nitrogens with zero attached hydrogens (tertiary/aromatic N) is 1. The van der Waals surface area contributed by atoms with Gasteiger partial charge >= 0.3 is 5.97 Å². The topological polar surface area (TPSA) is 49.8 Å². The zero-order valence-corrected chi connectivity index (χ0v) is 10.8. The maximum absolute atomic E-state index is 11.2. The molecule has 1 saturated heterocycles. The van der Waals surface area contributed by atoms with Gasteiger partial charge in [0.05, 0.1) is 16.9 Å². The number of hydrogen-bond donors (Lipinski definition) is 1. The summed E-state index contributed by atoms with van der Waals surface area (Å²) >= 11 is 0. The molecule has 0 spiro atoms. The van der Waals surface area contributed by atoms with Crippen molar-refractivity contribution >= 4 is 11.7 Å². The van der Waals surface area contributed by atoms with Crippen molar-refractivity contribution in [2.24, 2.45) is 0 Å². The highest BCUT2D eigenvalue weighted by Crippen LogP contribution is 2.30. The van der Waals surface area contributed by atoms with Gasteiger partial charge in [0, 0.05) is 20.2 Å². The number of ether oxygens (including phenoxy) is 1. The molecule has 0 bridgehead atoms. The van der Waals surface area contributed by atoms with Crippen LogP contribution >= 0.6 is 0 Å². The van der Waals surface area contributed by atoms with Crippen LogP contribution in [0.3, 0.4) is 0 Å². The number of carboxylic acid groups (broad SMARTS) is 1. The Morgan fingerprint density at radius 1 is 1.33 bits per heavy atom. The smallest absolute Gasteiger partial charge is 0.337 e. The molecule has 1 N–H and O–H groups in total.